The molecule has 0 spiro atoms. The molecule has 3 rings (SSSR count). The van der Waals surface area contributed by atoms with Crippen molar-refractivity contribution in [2.24, 2.45) is 5.73 Å². The minimum atomic E-state index is 0.414. The first-order chi connectivity index (χ1) is 10.2. The third kappa shape index (κ3) is 2.68. The predicted octanol–water partition coefficient (Wildman–Crippen LogP) is 3.56. The minimum Gasteiger partial charge on any atom is -0.325 e. The van der Waals surface area contributed by atoms with Crippen molar-refractivity contribution in [2.45, 2.75) is 13.5 Å². The highest BCUT2D eigenvalue weighted by Crippen LogP contribution is 2.33. The Morgan fingerprint density at radius 3 is 2.81 bits per heavy atom. The number of pyridine rings is 1. The molecule has 0 atom stereocenters. The summed E-state index contributed by atoms with van der Waals surface area (Å²) in [6.45, 7) is 2.39. The molecule has 0 fully saturated rings. The lowest BCUT2D eigenvalue weighted by Crippen LogP contribution is -1.99. The zero-order valence-corrected chi connectivity index (χ0v) is 12.4. The summed E-state index contributed by atoms with van der Waals surface area (Å²) in [4.78, 5) is 4.24. The molecule has 106 valence electrons. The summed E-state index contributed by atoms with van der Waals surface area (Å²) >= 11 is 6.09. The van der Waals surface area contributed by atoms with E-state index < -0.39 is 0 Å². The fourth-order valence-electron chi connectivity index (χ4n) is 2.38. The Hall–Kier alpha value is -2.17. The van der Waals surface area contributed by atoms with Crippen LogP contribution in [-0.4, -0.2) is 15.2 Å². The van der Waals surface area contributed by atoms with Gasteiger partial charge >= 0.3 is 0 Å². The number of aromatic amines is 1. The molecule has 3 N–H and O–H groups in total. The summed E-state index contributed by atoms with van der Waals surface area (Å²) in [5.74, 6) is 0. The van der Waals surface area contributed by atoms with E-state index in [1.807, 2.05) is 43.3 Å². The summed E-state index contributed by atoms with van der Waals surface area (Å²) in [6.07, 6.45) is 1.77. The molecule has 1 aromatic carbocycles. The Morgan fingerprint density at radius 1 is 1.19 bits per heavy atom. The van der Waals surface area contributed by atoms with Crippen LogP contribution < -0.4 is 5.73 Å². The number of nitrogens with two attached hydrogens (primary N) is 1. The highest BCUT2D eigenvalue weighted by Gasteiger charge is 2.14. The molecule has 0 amide bonds. The molecule has 0 bridgehead atoms. The maximum absolute atomic E-state index is 6.09. The fourth-order valence-corrected chi connectivity index (χ4v) is 2.57. The first kappa shape index (κ1) is 13.8. The summed E-state index contributed by atoms with van der Waals surface area (Å²) in [5, 5.41) is 8.13. The van der Waals surface area contributed by atoms with Crippen LogP contribution in [0.15, 0.2) is 42.6 Å². The minimum absolute atomic E-state index is 0.414. The Morgan fingerprint density at radius 2 is 2.05 bits per heavy atom. The van der Waals surface area contributed by atoms with Gasteiger partial charge in [0.2, 0.25) is 0 Å². The standard InChI is InChI=1S/C16H15ClN4/c1-10-15(11-5-6-19-14(8-11)9-18)16(21-20-10)12-3-2-4-13(17)7-12/h2-8H,9,18H2,1H3,(H,20,21). The van der Waals surface area contributed by atoms with E-state index in [4.69, 9.17) is 17.3 Å². The number of rotatable bonds is 3. The van der Waals surface area contributed by atoms with Crippen molar-refractivity contribution in [3.05, 3.63) is 59.0 Å². The van der Waals surface area contributed by atoms with Crippen molar-refractivity contribution in [3.8, 4) is 22.4 Å². The first-order valence-electron chi connectivity index (χ1n) is 6.65. The molecule has 21 heavy (non-hydrogen) atoms. The van der Waals surface area contributed by atoms with Crippen LogP contribution in [0.5, 0.6) is 0 Å². The van der Waals surface area contributed by atoms with Gasteiger partial charge in [0, 0.05) is 28.9 Å². The Bertz CT molecular complexity index is 779. The Kier molecular flexibility index (Phi) is 3.73. The molecular weight excluding hydrogens is 284 g/mol. The number of nitrogens with zero attached hydrogens (tertiary/aromatic N) is 2. The van der Waals surface area contributed by atoms with Gasteiger partial charge in [0.25, 0.3) is 0 Å². The molecule has 0 saturated carbocycles. The second-order valence-corrected chi connectivity index (χ2v) is 5.25. The highest BCUT2D eigenvalue weighted by atomic mass is 35.5. The normalized spacial score (nSPS) is 10.8. The van der Waals surface area contributed by atoms with Gasteiger partial charge in [0.1, 0.15) is 0 Å². The van der Waals surface area contributed by atoms with Crippen LogP contribution in [0.2, 0.25) is 5.02 Å². The van der Waals surface area contributed by atoms with Crippen molar-refractivity contribution >= 4 is 11.6 Å². The van der Waals surface area contributed by atoms with E-state index in [0.29, 0.717) is 11.6 Å². The van der Waals surface area contributed by atoms with E-state index in [1.54, 1.807) is 6.20 Å². The Balaban J connectivity index is 2.17. The smallest absolute Gasteiger partial charge is 0.0732 e. The Labute approximate surface area is 128 Å². The van der Waals surface area contributed by atoms with Gasteiger partial charge in [-0.1, -0.05) is 23.7 Å². The van der Waals surface area contributed by atoms with Crippen LogP contribution in [0, 0.1) is 6.92 Å². The largest absolute Gasteiger partial charge is 0.325 e. The lowest BCUT2D eigenvalue weighted by molar-refractivity contribution is 0.991. The maximum Gasteiger partial charge on any atom is 0.0732 e. The van der Waals surface area contributed by atoms with Gasteiger partial charge in [-0.05, 0) is 36.8 Å². The second-order valence-electron chi connectivity index (χ2n) is 4.81. The van der Waals surface area contributed by atoms with Crippen LogP contribution in [0.1, 0.15) is 11.4 Å². The van der Waals surface area contributed by atoms with E-state index in [0.717, 1.165) is 33.8 Å². The van der Waals surface area contributed by atoms with Crippen molar-refractivity contribution in [1.29, 1.82) is 0 Å². The summed E-state index contributed by atoms with van der Waals surface area (Å²) in [5.41, 5.74) is 11.5. The number of aryl methyl sites for hydroxylation is 1. The number of hydrogen-bond donors (Lipinski definition) is 2. The molecule has 2 aromatic heterocycles. The van der Waals surface area contributed by atoms with E-state index in [9.17, 15) is 0 Å². The number of H-pyrrole nitrogens is 1. The molecule has 0 aliphatic heterocycles. The van der Waals surface area contributed by atoms with Crippen LogP contribution in [0.25, 0.3) is 22.4 Å². The molecule has 3 aromatic rings. The SMILES string of the molecule is Cc1n[nH]c(-c2cccc(Cl)c2)c1-c1ccnc(CN)c1. The van der Waals surface area contributed by atoms with Crippen LogP contribution >= 0.6 is 11.6 Å². The van der Waals surface area contributed by atoms with Crippen LogP contribution in [0.4, 0.5) is 0 Å². The molecule has 0 radical (unpaired) electrons. The molecular formula is C16H15ClN4. The molecule has 5 heteroatoms. The van der Waals surface area contributed by atoms with E-state index in [2.05, 4.69) is 15.2 Å². The van der Waals surface area contributed by atoms with Crippen LogP contribution in [0.3, 0.4) is 0 Å². The molecule has 0 aliphatic rings. The fraction of sp³-hybridized carbons (Fsp3) is 0.125. The first-order valence-corrected chi connectivity index (χ1v) is 7.03. The molecule has 0 aliphatic carbocycles. The number of aromatic nitrogens is 3. The zero-order valence-electron chi connectivity index (χ0n) is 11.6. The highest BCUT2D eigenvalue weighted by molar-refractivity contribution is 6.30. The van der Waals surface area contributed by atoms with Gasteiger partial charge in [0.15, 0.2) is 0 Å². The summed E-state index contributed by atoms with van der Waals surface area (Å²) in [7, 11) is 0. The van der Waals surface area contributed by atoms with Crippen molar-refractivity contribution < 1.29 is 0 Å². The number of hydrogen-bond acceptors (Lipinski definition) is 3. The number of benzene rings is 1. The van der Waals surface area contributed by atoms with Crippen molar-refractivity contribution in [1.82, 2.24) is 15.2 Å². The third-order valence-corrected chi connectivity index (χ3v) is 3.61. The van der Waals surface area contributed by atoms with E-state index in [-0.39, 0.29) is 0 Å². The topological polar surface area (TPSA) is 67.6 Å². The average Bonchev–Trinajstić information content (AvgIpc) is 2.89. The van der Waals surface area contributed by atoms with Gasteiger partial charge in [0.05, 0.1) is 17.1 Å². The van der Waals surface area contributed by atoms with Gasteiger partial charge in [-0.25, -0.2) is 0 Å². The molecule has 0 saturated heterocycles. The van der Waals surface area contributed by atoms with E-state index in [1.165, 1.54) is 0 Å². The van der Waals surface area contributed by atoms with Gasteiger partial charge in [-0.3, -0.25) is 10.1 Å². The quantitative estimate of drug-likeness (QED) is 0.777. The van der Waals surface area contributed by atoms with Gasteiger partial charge < -0.3 is 5.73 Å². The van der Waals surface area contributed by atoms with Crippen molar-refractivity contribution in [3.63, 3.8) is 0 Å². The zero-order chi connectivity index (χ0) is 14.8. The summed E-state index contributed by atoms with van der Waals surface area (Å²) in [6, 6.07) is 11.7. The van der Waals surface area contributed by atoms with E-state index >= 15 is 0 Å². The number of halogens is 1. The lowest BCUT2D eigenvalue weighted by Gasteiger charge is -2.07. The van der Waals surface area contributed by atoms with Gasteiger partial charge in [-0.15, -0.1) is 0 Å². The third-order valence-electron chi connectivity index (χ3n) is 3.37. The second kappa shape index (κ2) is 5.68. The summed E-state index contributed by atoms with van der Waals surface area (Å²) < 4.78 is 0. The molecule has 4 nitrogen and oxygen atoms in total. The molecule has 0 unspecified atom stereocenters. The lowest BCUT2D eigenvalue weighted by atomic mass is 9.99. The van der Waals surface area contributed by atoms with Crippen LogP contribution in [-0.2, 0) is 6.54 Å². The van der Waals surface area contributed by atoms with Gasteiger partial charge in [-0.2, -0.15) is 5.10 Å². The van der Waals surface area contributed by atoms with Crippen molar-refractivity contribution in [2.75, 3.05) is 0 Å². The monoisotopic (exact) mass is 298 g/mol. The maximum atomic E-state index is 6.09. The molecule has 2 heterocycles. The predicted molar refractivity (Wildman–Crippen MR) is 84.9 cm³/mol. The average molecular weight is 299 g/mol. The number of nitrogens with one attached hydrogen (secondary N) is 1.